The minimum Gasteiger partial charge on any atom is -0.508 e. The summed E-state index contributed by atoms with van der Waals surface area (Å²) >= 11 is 5.58. The van der Waals surface area contributed by atoms with E-state index in [0.29, 0.717) is 25.4 Å². The van der Waals surface area contributed by atoms with Gasteiger partial charge in [-0.05, 0) is 31.5 Å². The monoisotopic (exact) mass is 257 g/mol. The molecule has 0 fully saturated rings. The molecule has 0 aromatic heterocycles. The van der Waals surface area contributed by atoms with Gasteiger partial charge in [-0.25, -0.2) is 0 Å². The van der Waals surface area contributed by atoms with Crippen LogP contribution in [0.25, 0.3) is 0 Å². The Morgan fingerprint density at radius 1 is 1.41 bits per heavy atom. The van der Waals surface area contributed by atoms with Gasteiger partial charge in [0.05, 0.1) is 5.56 Å². The zero-order valence-corrected chi connectivity index (χ0v) is 10.4. The number of benzene rings is 1. The van der Waals surface area contributed by atoms with Crippen molar-refractivity contribution >= 4 is 17.5 Å². The number of hydrogen-bond donors (Lipinski definition) is 2. The summed E-state index contributed by atoms with van der Waals surface area (Å²) < 4.78 is 0. The van der Waals surface area contributed by atoms with Crippen molar-refractivity contribution in [2.24, 2.45) is 0 Å². The van der Waals surface area contributed by atoms with Crippen molar-refractivity contribution in [3.63, 3.8) is 0 Å². The predicted octanol–water partition coefficient (Wildman–Crippen LogP) is 2.19. The van der Waals surface area contributed by atoms with Gasteiger partial charge in [0.1, 0.15) is 11.5 Å². The lowest BCUT2D eigenvalue weighted by atomic mass is 10.1. The predicted molar refractivity (Wildman–Crippen MR) is 66.7 cm³/mol. The van der Waals surface area contributed by atoms with Gasteiger partial charge in [0, 0.05) is 19.0 Å². The van der Waals surface area contributed by atoms with E-state index in [1.54, 1.807) is 4.90 Å². The summed E-state index contributed by atoms with van der Waals surface area (Å²) in [4.78, 5) is 13.6. The first kappa shape index (κ1) is 13.6. The van der Waals surface area contributed by atoms with Crippen molar-refractivity contribution in [3.05, 3.63) is 23.8 Å². The first-order valence-corrected chi connectivity index (χ1v) is 6.00. The molecule has 5 heteroatoms. The molecule has 1 aromatic rings. The number of nitrogens with zero attached hydrogens (tertiary/aromatic N) is 1. The van der Waals surface area contributed by atoms with E-state index in [2.05, 4.69) is 0 Å². The van der Waals surface area contributed by atoms with Crippen LogP contribution in [0.2, 0.25) is 0 Å². The number of phenols is 2. The van der Waals surface area contributed by atoms with E-state index in [9.17, 15) is 15.0 Å². The van der Waals surface area contributed by atoms with Gasteiger partial charge in [0.2, 0.25) is 0 Å². The third-order valence-electron chi connectivity index (χ3n) is 2.44. The molecule has 0 aliphatic rings. The van der Waals surface area contributed by atoms with Crippen molar-refractivity contribution in [1.82, 2.24) is 4.90 Å². The molecule has 17 heavy (non-hydrogen) atoms. The fourth-order valence-electron chi connectivity index (χ4n) is 1.52. The molecule has 0 bridgehead atoms. The Hall–Kier alpha value is -1.42. The number of rotatable bonds is 5. The van der Waals surface area contributed by atoms with Crippen molar-refractivity contribution in [2.75, 3.05) is 19.0 Å². The number of aromatic hydroxyl groups is 2. The van der Waals surface area contributed by atoms with E-state index in [1.165, 1.54) is 18.2 Å². The van der Waals surface area contributed by atoms with E-state index >= 15 is 0 Å². The quantitative estimate of drug-likeness (QED) is 0.628. The maximum absolute atomic E-state index is 12.1. The molecule has 0 unspecified atom stereocenters. The van der Waals surface area contributed by atoms with Gasteiger partial charge in [-0.3, -0.25) is 4.79 Å². The second-order valence-corrected chi connectivity index (χ2v) is 4.01. The molecule has 0 aliphatic carbocycles. The van der Waals surface area contributed by atoms with Crippen molar-refractivity contribution in [2.45, 2.75) is 13.3 Å². The fraction of sp³-hybridized carbons (Fsp3) is 0.417. The second kappa shape index (κ2) is 6.35. The molecule has 2 N–H and O–H groups in total. The van der Waals surface area contributed by atoms with Crippen LogP contribution < -0.4 is 0 Å². The molecular weight excluding hydrogens is 242 g/mol. The third kappa shape index (κ3) is 3.53. The fourth-order valence-corrected chi connectivity index (χ4v) is 1.64. The van der Waals surface area contributed by atoms with Gasteiger partial charge in [0.15, 0.2) is 0 Å². The minimum absolute atomic E-state index is 0.0421. The van der Waals surface area contributed by atoms with E-state index < -0.39 is 0 Å². The summed E-state index contributed by atoms with van der Waals surface area (Å²) in [5.74, 6) is 0.0122. The summed E-state index contributed by atoms with van der Waals surface area (Å²) in [7, 11) is 0. The number of hydrogen-bond acceptors (Lipinski definition) is 3. The van der Waals surface area contributed by atoms with Gasteiger partial charge in [-0.15, -0.1) is 11.6 Å². The van der Waals surface area contributed by atoms with Gasteiger partial charge in [-0.2, -0.15) is 0 Å². The number of carbonyl (C=O) groups excluding carboxylic acids is 1. The molecule has 94 valence electrons. The number of phenolic OH excluding ortho intramolecular Hbond substituents is 2. The van der Waals surface area contributed by atoms with Crippen LogP contribution in [0.4, 0.5) is 0 Å². The summed E-state index contributed by atoms with van der Waals surface area (Å²) in [5.41, 5.74) is 0.112. The maximum Gasteiger partial charge on any atom is 0.257 e. The van der Waals surface area contributed by atoms with Crippen molar-refractivity contribution < 1.29 is 15.0 Å². The Bertz CT molecular complexity index is 395. The lowest BCUT2D eigenvalue weighted by Gasteiger charge is -2.20. The number of carbonyl (C=O) groups is 1. The topological polar surface area (TPSA) is 60.8 Å². The Kier molecular flexibility index (Phi) is 5.10. The lowest BCUT2D eigenvalue weighted by molar-refractivity contribution is 0.0761. The zero-order valence-electron chi connectivity index (χ0n) is 9.69. The molecule has 0 atom stereocenters. The van der Waals surface area contributed by atoms with Crippen LogP contribution in [0.3, 0.4) is 0 Å². The molecule has 0 heterocycles. The Labute approximate surface area is 105 Å². The van der Waals surface area contributed by atoms with Crippen LogP contribution in [-0.2, 0) is 0 Å². The molecule has 0 saturated heterocycles. The molecule has 0 saturated carbocycles. The number of amides is 1. The highest BCUT2D eigenvalue weighted by atomic mass is 35.5. The maximum atomic E-state index is 12.1. The first-order chi connectivity index (χ1) is 8.10. The Morgan fingerprint density at radius 3 is 2.71 bits per heavy atom. The average molecular weight is 258 g/mol. The molecule has 0 spiro atoms. The molecular formula is C12H16ClNO3. The van der Waals surface area contributed by atoms with Gasteiger partial charge < -0.3 is 15.1 Å². The van der Waals surface area contributed by atoms with Crippen LogP contribution >= 0.6 is 11.6 Å². The SMILES string of the molecule is CCN(CCCCl)C(=O)c1cc(O)ccc1O. The van der Waals surface area contributed by atoms with Crippen LogP contribution in [0.1, 0.15) is 23.7 Å². The second-order valence-electron chi connectivity index (χ2n) is 3.63. The minimum atomic E-state index is -0.300. The smallest absolute Gasteiger partial charge is 0.257 e. The molecule has 0 aliphatic heterocycles. The third-order valence-corrected chi connectivity index (χ3v) is 2.71. The van der Waals surface area contributed by atoms with Crippen molar-refractivity contribution in [3.8, 4) is 11.5 Å². The van der Waals surface area contributed by atoms with E-state index in [4.69, 9.17) is 11.6 Å². The molecule has 1 amide bonds. The lowest BCUT2D eigenvalue weighted by Crippen LogP contribution is -2.32. The summed E-state index contributed by atoms with van der Waals surface area (Å²) in [6.07, 6.45) is 0.695. The molecule has 1 aromatic carbocycles. The van der Waals surface area contributed by atoms with E-state index in [-0.39, 0.29) is 23.0 Å². The van der Waals surface area contributed by atoms with Crippen LogP contribution in [0, 0.1) is 0 Å². The van der Waals surface area contributed by atoms with E-state index in [0.717, 1.165) is 0 Å². The molecule has 0 radical (unpaired) electrons. The van der Waals surface area contributed by atoms with Gasteiger partial charge >= 0.3 is 0 Å². The number of halogens is 1. The molecule has 4 nitrogen and oxygen atoms in total. The largest absolute Gasteiger partial charge is 0.508 e. The van der Waals surface area contributed by atoms with Gasteiger partial charge in [-0.1, -0.05) is 0 Å². The highest BCUT2D eigenvalue weighted by Gasteiger charge is 2.17. The normalized spacial score (nSPS) is 10.2. The van der Waals surface area contributed by atoms with Crippen LogP contribution in [0.5, 0.6) is 11.5 Å². The molecule has 1 rings (SSSR count). The van der Waals surface area contributed by atoms with E-state index in [1.807, 2.05) is 6.92 Å². The zero-order chi connectivity index (χ0) is 12.8. The summed E-state index contributed by atoms with van der Waals surface area (Å²) in [6, 6.07) is 3.90. The van der Waals surface area contributed by atoms with Crippen LogP contribution in [0.15, 0.2) is 18.2 Å². The summed E-state index contributed by atoms with van der Waals surface area (Å²) in [5, 5.41) is 18.9. The van der Waals surface area contributed by atoms with Crippen molar-refractivity contribution in [1.29, 1.82) is 0 Å². The standard InChI is InChI=1S/C12H16ClNO3/c1-2-14(7-3-6-13)12(17)10-8-9(15)4-5-11(10)16/h4-5,8,15-16H,2-3,6-7H2,1H3. The highest BCUT2D eigenvalue weighted by Crippen LogP contribution is 2.23. The summed E-state index contributed by atoms with van der Waals surface area (Å²) in [6.45, 7) is 2.92. The average Bonchev–Trinajstić information content (AvgIpc) is 2.33. The first-order valence-electron chi connectivity index (χ1n) is 5.47. The van der Waals surface area contributed by atoms with Crippen LogP contribution in [-0.4, -0.2) is 40.0 Å². The highest BCUT2D eigenvalue weighted by molar-refractivity contribution is 6.17. The van der Waals surface area contributed by atoms with Gasteiger partial charge in [0.25, 0.3) is 5.91 Å². The Morgan fingerprint density at radius 2 is 2.12 bits per heavy atom. The number of alkyl halides is 1. The Balaban J connectivity index is 2.89.